The van der Waals surface area contributed by atoms with Gasteiger partial charge in [0.1, 0.15) is 18.1 Å². The molecule has 3 heterocycles. The number of hydrogen-bond acceptors (Lipinski definition) is 5. The molecule has 166 valence electrons. The number of ether oxygens (including phenoxy) is 1. The van der Waals surface area contributed by atoms with E-state index in [9.17, 15) is 14.7 Å². The molecule has 0 saturated heterocycles. The van der Waals surface area contributed by atoms with Gasteiger partial charge in [0.05, 0.1) is 30.5 Å². The van der Waals surface area contributed by atoms with Gasteiger partial charge in [-0.2, -0.15) is 0 Å². The maximum Gasteiger partial charge on any atom is 0.290 e. The molecule has 8 heteroatoms. The fourth-order valence-corrected chi connectivity index (χ4v) is 3.89. The molecule has 2 aromatic heterocycles. The highest BCUT2D eigenvalue weighted by Crippen LogP contribution is 2.39. The van der Waals surface area contributed by atoms with E-state index in [4.69, 9.17) is 9.15 Å². The van der Waals surface area contributed by atoms with Crippen LogP contribution in [-0.2, 0) is 11.3 Å². The van der Waals surface area contributed by atoms with E-state index in [1.807, 2.05) is 49.3 Å². The van der Waals surface area contributed by atoms with Crippen LogP contribution in [0.4, 0.5) is 0 Å². The Kier molecular flexibility index (Phi) is 6.11. The Balaban J connectivity index is 1.64. The number of nitrogens with zero attached hydrogens (tertiary/aromatic N) is 2. The van der Waals surface area contributed by atoms with Crippen molar-refractivity contribution in [2.24, 2.45) is 0 Å². The lowest BCUT2D eigenvalue weighted by Crippen LogP contribution is -2.36. The van der Waals surface area contributed by atoms with Crippen molar-refractivity contribution >= 4 is 11.7 Å². The minimum atomic E-state index is -0.718. The van der Waals surface area contributed by atoms with Gasteiger partial charge in [-0.1, -0.05) is 12.1 Å². The molecule has 1 amide bonds. The fraction of sp³-hybridized carbons (Fsp3) is 0.292. The predicted octanol–water partition coefficient (Wildman–Crippen LogP) is 3.35. The second-order valence-electron chi connectivity index (χ2n) is 7.91. The number of H-pyrrole nitrogens is 1. The summed E-state index contributed by atoms with van der Waals surface area (Å²) in [5, 5.41) is 10.7. The minimum absolute atomic E-state index is 0.0244. The van der Waals surface area contributed by atoms with Crippen LogP contribution in [0.3, 0.4) is 0 Å². The molecule has 32 heavy (non-hydrogen) atoms. The molecule has 0 bridgehead atoms. The van der Waals surface area contributed by atoms with Gasteiger partial charge < -0.3 is 19.2 Å². The molecule has 1 unspecified atom stereocenters. The number of ketones is 1. The number of hydrogen-bond donors (Lipinski definition) is 2. The molecule has 8 nitrogen and oxygen atoms in total. The number of aromatic nitrogens is 2. The van der Waals surface area contributed by atoms with Crippen molar-refractivity contribution in [1.29, 1.82) is 0 Å². The van der Waals surface area contributed by atoms with E-state index in [1.54, 1.807) is 18.2 Å². The molecule has 1 atom stereocenters. The SMILES string of the molecule is CC(C)Oc1ccc(C2C(C(=O)c3ccco3)=C(O)C(=O)N2CCC[n+]2cc[nH]c2)cc1. The summed E-state index contributed by atoms with van der Waals surface area (Å²) < 4.78 is 12.9. The normalized spacial score (nSPS) is 16.3. The number of furan rings is 1. The number of Topliss-reactive ketones (excluding diaryl/α,β-unsaturated/α-hetero) is 1. The molecule has 1 aliphatic heterocycles. The number of aliphatic hydroxyl groups excluding tert-OH is 1. The number of nitrogens with one attached hydrogen (secondary N) is 1. The van der Waals surface area contributed by atoms with E-state index in [-0.39, 0.29) is 17.4 Å². The zero-order valence-electron chi connectivity index (χ0n) is 18.0. The van der Waals surface area contributed by atoms with Gasteiger partial charge in [0.25, 0.3) is 5.91 Å². The summed E-state index contributed by atoms with van der Waals surface area (Å²) in [5.41, 5.74) is 0.736. The van der Waals surface area contributed by atoms with E-state index in [0.717, 1.165) is 0 Å². The molecule has 0 radical (unpaired) electrons. The Morgan fingerprint density at radius 3 is 2.69 bits per heavy atom. The molecule has 0 fully saturated rings. The number of carbonyl (C=O) groups is 2. The number of benzene rings is 1. The first-order valence-electron chi connectivity index (χ1n) is 10.6. The monoisotopic (exact) mass is 436 g/mol. The molecule has 1 aromatic carbocycles. The molecular weight excluding hydrogens is 410 g/mol. The van der Waals surface area contributed by atoms with Crippen molar-refractivity contribution in [3.63, 3.8) is 0 Å². The van der Waals surface area contributed by atoms with Gasteiger partial charge in [-0.3, -0.25) is 14.6 Å². The van der Waals surface area contributed by atoms with Crippen molar-refractivity contribution in [1.82, 2.24) is 9.88 Å². The first-order valence-corrected chi connectivity index (χ1v) is 10.6. The number of amides is 1. The van der Waals surface area contributed by atoms with Crippen LogP contribution in [0, 0.1) is 0 Å². The summed E-state index contributed by atoms with van der Waals surface area (Å²) in [4.78, 5) is 30.6. The van der Waals surface area contributed by atoms with Gasteiger partial charge in [0, 0.05) is 13.0 Å². The van der Waals surface area contributed by atoms with Crippen LogP contribution in [-0.4, -0.2) is 39.3 Å². The molecule has 4 rings (SSSR count). The summed E-state index contributed by atoms with van der Waals surface area (Å²) in [6, 6.07) is 9.64. The largest absolute Gasteiger partial charge is 0.503 e. The number of carbonyl (C=O) groups excluding carboxylic acids is 2. The number of imidazole rings is 1. The summed E-state index contributed by atoms with van der Waals surface area (Å²) in [5.74, 6) is -0.833. The van der Waals surface area contributed by atoms with Crippen molar-refractivity contribution in [2.45, 2.75) is 39.0 Å². The quantitative estimate of drug-likeness (QED) is 0.396. The number of aryl methyl sites for hydroxylation is 1. The molecule has 0 saturated carbocycles. The van der Waals surface area contributed by atoms with E-state index in [0.29, 0.717) is 30.8 Å². The second-order valence-corrected chi connectivity index (χ2v) is 7.91. The van der Waals surface area contributed by atoms with Crippen LogP contribution < -0.4 is 9.30 Å². The predicted molar refractivity (Wildman–Crippen MR) is 115 cm³/mol. The van der Waals surface area contributed by atoms with Crippen molar-refractivity contribution in [2.75, 3.05) is 6.54 Å². The third kappa shape index (κ3) is 4.30. The number of aromatic amines is 1. The Morgan fingerprint density at radius 1 is 1.28 bits per heavy atom. The molecular formula is C24H26N3O5+. The van der Waals surface area contributed by atoms with Gasteiger partial charge in [0.15, 0.2) is 11.5 Å². The van der Waals surface area contributed by atoms with Crippen LogP contribution >= 0.6 is 0 Å². The van der Waals surface area contributed by atoms with E-state index in [2.05, 4.69) is 4.98 Å². The number of aliphatic hydroxyl groups is 1. The zero-order valence-corrected chi connectivity index (χ0v) is 18.0. The summed E-state index contributed by atoms with van der Waals surface area (Å²) >= 11 is 0. The Labute approximate surface area is 185 Å². The van der Waals surface area contributed by atoms with E-state index < -0.39 is 23.5 Å². The fourth-order valence-electron chi connectivity index (χ4n) is 3.89. The van der Waals surface area contributed by atoms with Crippen molar-refractivity contribution < 1.29 is 28.4 Å². The van der Waals surface area contributed by atoms with Gasteiger partial charge in [-0.05, 0) is 43.7 Å². The van der Waals surface area contributed by atoms with Gasteiger partial charge in [-0.25, -0.2) is 4.57 Å². The molecule has 0 aliphatic carbocycles. The molecule has 1 aliphatic rings. The van der Waals surface area contributed by atoms with Crippen LogP contribution in [0.25, 0.3) is 0 Å². The van der Waals surface area contributed by atoms with Crippen molar-refractivity contribution in [3.05, 3.63) is 84.0 Å². The highest BCUT2D eigenvalue weighted by atomic mass is 16.5. The summed E-state index contributed by atoms with van der Waals surface area (Å²) in [7, 11) is 0. The maximum atomic E-state index is 13.1. The number of rotatable bonds is 9. The lowest BCUT2D eigenvalue weighted by molar-refractivity contribution is -0.695. The minimum Gasteiger partial charge on any atom is -0.503 e. The van der Waals surface area contributed by atoms with Crippen LogP contribution in [0.5, 0.6) is 5.75 Å². The smallest absolute Gasteiger partial charge is 0.290 e. The summed E-state index contributed by atoms with van der Waals surface area (Å²) in [6.07, 6.45) is 7.61. The zero-order chi connectivity index (χ0) is 22.7. The highest BCUT2D eigenvalue weighted by Gasteiger charge is 2.44. The lowest BCUT2D eigenvalue weighted by atomic mass is 9.95. The molecule has 2 N–H and O–H groups in total. The van der Waals surface area contributed by atoms with E-state index in [1.165, 1.54) is 17.2 Å². The van der Waals surface area contributed by atoms with Gasteiger partial charge in [0.2, 0.25) is 12.1 Å². The lowest BCUT2D eigenvalue weighted by Gasteiger charge is -2.26. The molecule has 3 aromatic rings. The van der Waals surface area contributed by atoms with Crippen LogP contribution in [0.1, 0.15) is 42.4 Å². The Bertz CT molecular complexity index is 1100. The van der Waals surface area contributed by atoms with Crippen LogP contribution in [0.15, 0.2) is 77.1 Å². The molecule has 0 spiro atoms. The van der Waals surface area contributed by atoms with Crippen molar-refractivity contribution in [3.8, 4) is 5.75 Å². The third-order valence-corrected chi connectivity index (χ3v) is 5.28. The van der Waals surface area contributed by atoms with Gasteiger partial charge >= 0.3 is 0 Å². The standard InChI is InChI=1S/C24H25N3O5/c1-16(2)32-18-8-6-17(7-9-18)21-20(22(28)19-5-3-14-31-19)23(29)24(30)27(21)12-4-11-26-13-10-25-15-26/h3,5-10,13-16,21H,4,11-12H2,1-2H3,(H,28,29)/p+1. The maximum absolute atomic E-state index is 13.1. The third-order valence-electron chi connectivity index (χ3n) is 5.28. The van der Waals surface area contributed by atoms with Crippen LogP contribution in [0.2, 0.25) is 0 Å². The average molecular weight is 436 g/mol. The topological polar surface area (TPSA) is 99.7 Å². The Morgan fingerprint density at radius 2 is 2.06 bits per heavy atom. The van der Waals surface area contributed by atoms with Gasteiger partial charge in [-0.15, -0.1) is 0 Å². The second kappa shape index (κ2) is 9.13. The average Bonchev–Trinajstić information content (AvgIpc) is 3.52. The highest BCUT2D eigenvalue weighted by molar-refractivity contribution is 6.15. The van der Waals surface area contributed by atoms with E-state index >= 15 is 0 Å². The summed E-state index contributed by atoms with van der Waals surface area (Å²) in [6.45, 7) is 4.93. The first-order chi connectivity index (χ1) is 15.5. The first kappa shape index (κ1) is 21.4. The Hall–Kier alpha value is -3.81.